The van der Waals surface area contributed by atoms with Crippen molar-refractivity contribution in [3.05, 3.63) is 22.2 Å². The van der Waals surface area contributed by atoms with E-state index in [-0.39, 0.29) is 24.2 Å². The van der Waals surface area contributed by atoms with Crippen LogP contribution < -0.4 is 16.8 Å². The smallest absolute Gasteiger partial charge is 0.404 e. The number of nitrogens with one attached hydrogen (secondary N) is 1. The van der Waals surface area contributed by atoms with Gasteiger partial charge < -0.3 is 21.5 Å². The second-order valence-corrected chi connectivity index (χ2v) is 3.53. The summed E-state index contributed by atoms with van der Waals surface area (Å²) in [7, 11) is 0. The SMILES string of the molecule is CC(COC(N)=O)Nc1ccc([N+](=O)[O-])c(N)n1. The zero-order valence-electron chi connectivity index (χ0n) is 9.62. The van der Waals surface area contributed by atoms with Gasteiger partial charge in [-0.15, -0.1) is 0 Å². The van der Waals surface area contributed by atoms with Gasteiger partial charge in [-0.3, -0.25) is 10.1 Å². The normalized spacial score (nSPS) is 11.6. The van der Waals surface area contributed by atoms with Crippen LogP contribution in [-0.4, -0.2) is 28.6 Å². The highest BCUT2D eigenvalue weighted by atomic mass is 16.6. The maximum Gasteiger partial charge on any atom is 0.404 e. The number of carbonyl (C=O) groups is 1. The van der Waals surface area contributed by atoms with E-state index in [1.807, 2.05) is 0 Å². The maximum absolute atomic E-state index is 10.5. The van der Waals surface area contributed by atoms with Gasteiger partial charge >= 0.3 is 11.8 Å². The first-order chi connectivity index (χ1) is 8.40. The summed E-state index contributed by atoms with van der Waals surface area (Å²) in [6.07, 6.45) is -0.875. The Kier molecular flexibility index (Phi) is 4.24. The van der Waals surface area contributed by atoms with E-state index >= 15 is 0 Å². The minimum atomic E-state index is -0.875. The van der Waals surface area contributed by atoms with E-state index in [1.165, 1.54) is 12.1 Å². The van der Waals surface area contributed by atoms with Crippen LogP contribution in [0.15, 0.2) is 12.1 Å². The van der Waals surface area contributed by atoms with Crippen molar-refractivity contribution in [2.24, 2.45) is 5.73 Å². The molecule has 1 atom stereocenters. The highest BCUT2D eigenvalue weighted by molar-refractivity contribution is 5.64. The molecular formula is C9H13N5O4. The number of rotatable bonds is 5. The molecule has 0 fully saturated rings. The summed E-state index contributed by atoms with van der Waals surface area (Å²) in [5.74, 6) is 0.159. The van der Waals surface area contributed by atoms with Gasteiger partial charge in [-0.25, -0.2) is 9.78 Å². The lowest BCUT2D eigenvalue weighted by Crippen LogP contribution is -2.26. The van der Waals surface area contributed by atoms with Gasteiger partial charge in [-0.2, -0.15) is 0 Å². The summed E-state index contributed by atoms with van der Waals surface area (Å²) in [4.78, 5) is 24.1. The molecule has 9 heteroatoms. The summed E-state index contributed by atoms with van der Waals surface area (Å²) >= 11 is 0. The van der Waals surface area contributed by atoms with E-state index in [0.29, 0.717) is 5.82 Å². The molecule has 1 rings (SSSR count). The van der Waals surface area contributed by atoms with Crippen molar-refractivity contribution < 1.29 is 14.5 Å². The molecule has 0 aliphatic heterocycles. The van der Waals surface area contributed by atoms with E-state index < -0.39 is 11.0 Å². The Hall–Kier alpha value is -2.58. The summed E-state index contributed by atoms with van der Waals surface area (Å²) < 4.78 is 4.58. The number of pyridine rings is 1. The summed E-state index contributed by atoms with van der Waals surface area (Å²) in [6, 6.07) is 2.40. The van der Waals surface area contributed by atoms with Gasteiger partial charge in [0.05, 0.1) is 11.0 Å². The van der Waals surface area contributed by atoms with Gasteiger partial charge in [-0.1, -0.05) is 0 Å². The summed E-state index contributed by atoms with van der Waals surface area (Å²) in [5, 5.41) is 13.4. The number of anilines is 2. The number of ether oxygens (including phenoxy) is 1. The molecule has 98 valence electrons. The highest BCUT2D eigenvalue weighted by Crippen LogP contribution is 2.20. The van der Waals surface area contributed by atoms with Gasteiger partial charge in [0.15, 0.2) is 0 Å². The molecule has 0 aromatic carbocycles. The number of hydrogen-bond acceptors (Lipinski definition) is 7. The Balaban J connectivity index is 2.65. The molecule has 9 nitrogen and oxygen atoms in total. The lowest BCUT2D eigenvalue weighted by atomic mass is 10.3. The van der Waals surface area contributed by atoms with Crippen LogP contribution in [0, 0.1) is 10.1 Å². The largest absolute Gasteiger partial charge is 0.448 e. The van der Waals surface area contributed by atoms with Crippen LogP contribution in [0.1, 0.15) is 6.92 Å². The standard InChI is InChI=1S/C9H13N5O4/c1-5(4-18-9(11)15)12-7-3-2-6(14(16)17)8(10)13-7/h2-3,5H,4H2,1H3,(H2,11,15)(H3,10,12,13). The molecule has 0 aliphatic rings. The van der Waals surface area contributed by atoms with Crippen LogP contribution >= 0.6 is 0 Å². The van der Waals surface area contributed by atoms with E-state index in [1.54, 1.807) is 6.92 Å². The fourth-order valence-corrected chi connectivity index (χ4v) is 1.20. The Labute approximate surface area is 102 Å². The zero-order chi connectivity index (χ0) is 13.7. The fourth-order valence-electron chi connectivity index (χ4n) is 1.20. The molecule has 1 aromatic rings. The number of nitrogen functional groups attached to an aromatic ring is 1. The molecule has 18 heavy (non-hydrogen) atoms. The number of nitro groups is 1. The van der Waals surface area contributed by atoms with E-state index in [9.17, 15) is 14.9 Å². The zero-order valence-corrected chi connectivity index (χ0v) is 9.62. The van der Waals surface area contributed by atoms with Gasteiger partial charge in [0.1, 0.15) is 12.4 Å². The van der Waals surface area contributed by atoms with Crippen molar-refractivity contribution in [1.29, 1.82) is 0 Å². The molecular weight excluding hydrogens is 242 g/mol. The second kappa shape index (κ2) is 5.66. The van der Waals surface area contributed by atoms with Gasteiger partial charge in [0.25, 0.3) is 0 Å². The predicted molar refractivity (Wildman–Crippen MR) is 63.9 cm³/mol. The third-order valence-electron chi connectivity index (χ3n) is 1.97. The molecule has 1 heterocycles. The Bertz CT molecular complexity index is 464. The molecule has 0 spiro atoms. The molecule has 0 saturated heterocycles. The Morgan fingerprint density at radius 2 is 2.33 bits per heavy atom. The monoisotopic (exact) mass is 255 g/mol. The maximum atomic E-state index is 10.5. The van der Waals surface area contributed by atoms with Crippen molar-refractivity contribution in [1.82, 2.24) is 4.98 Å². The minimum Gasteiger partial charge on any atom is -0.448 e. The van der Waals surface area contributed by atoms with E-state index in [2.05, 4.69) is 15.0 Å². The molecule has 5 N–H and O–H groups in total. The Morgan fingerprint density at radius 1 is 1.67 bits per heavy atom. The fraction of sp³-hybridized carbons (Fsp3) is 0.333. The van der Waals surface area contributed by atoms with Crippen molar-refractivity contribution in [3.63, 3.8) is 0 Å². The van der Waals surface area contributed by atoms with Crippen LogP contribution in [0.4, 0.5) is 22.1 Å². The van der Waals surface area contributed by atoms with E-state index in [0.717, 1.165) is 0 Å². The third kappa shape index (κ3) is 3.77. The average molecular weight is 255 g/mol. The molecule has 0 aliphatic carbocycles. The molecule has 0 bridgehead atoms. The van der Waals surface area contributed by atoms with Crippen molar-refractivity contribution in [3.8, 4) is 0 Å². The van der Waals surface area contributed by atoms with Crippen molar-refractivity contribution in [2.75, 3.05) is 17.7 Å². The van der Waals surface area contributed by atoms with E-state index in [4.69, 9.17) is 11.5 Å². The van der Waals surface area contributed by atoms with Crippen LogP contribution in [-0.2, 0) is 4.74 Å². The third-order valence-corrected chi connectivity index (χ3v) is 1.97. The molecule has 1 amide bonds. The number of amides is 1. The topological polar surface area (TPSA) is 146 Å². The minimum absolute atomic E-state index is 0.0495. The van der Waals surface area contributed by atoms with Gasteiger partial charge in [-0.05, 0) is 13.0 Å². The number of carbonyl (C=O) groups excluding carboxylic acids is 1. The van der Waals surface area contributed by atoms with Crippen LogP contribution in [0.5, 0.6) is 0 Å². The first-order valence-corrected chi connectivity index (χ1v) is 5.00. The number of nitrogens with two attached hydrogens (primary N) is 2. The summed E-state index contributed by atoms with van der Waals surface area (Å²) in [6.45, 7) is 1.77. The number of nitrogens with zero attached hydrogens (tertiary/aromatic N) is 2. The molecule has 0 radical (unpaired) electrons. The molecule has 1 unspecified atom stereocenters. The first kappa shape index (κ1) is 13.5. The number of primary amides is 1. The van der Waals surface area contributed by atoms with Crippen molar-refractivity contribution in [2.45, 2.75) is 13.0 Å². The summed E-state index contributed by atoms with van der Waals surface area (Å²) in [5.41, 5.74) is 9.97. The number of hydrogen-bond donors (Lipinski definition) is 3. The van der Waals surface area contributed by atoms with Crippen molar-refractivity contribution >= 4 is 23.4 Å². The van der Waals surface area contributed by atoms with Gasteiger partial charge in [0.2, 0.25) is 5.82 Å². The van der Waals surface area contributed by atoms with Crippen LogP contribution in [0.2, 0.25) is 0 Å². The molecule has 0 saturated carbocycles. The predicted octanol–water partition coefficient (Wildman–Crippen LogP) is 0.468. The highest BCUT2D eigenvalue weighted by Gasteiger charge is 2.13. The van der Waals surface area contributed by atoms with Crippen LogP contribution in [0.3, 0.4) is 0 Å². The second-order valence-electron chi connectivity index (χ2n) is 3.53. The molecule has 1 aromatic heterocycles. The lowest BCUT2D eigenvalue weighted by molar-refractivity contribution is -0.384. The van der Waals surface area contributed by atoms with Crippen LogP contribution in [0.25, 0.3) is 0 Å². The first-order valence-electron chi connectivity index (χ1n) is 5.00. The average Bonchev–Trinajstić information content (AvgIpc) is 2.26. The van der Waals surface area contributed by atoms with Gasteiger partial charge in [0, 0.05) is 6.07 Å². The number of aromatic nitrogens is 1. The lowest BCUT2D eigenvalue weighted by Gasteiger charge is -2.13. The quantitative estimate of drug-likeness (QED) is 0.511. The Morgan fingerprint density at radius 3 is 2.83 bits per heavy atom.